The predicted molar refractivity (Wildman–Crippen MR) is 75.7 cm³/mol. The van der Waals surface area contributed by atoms with Crippen LogP contribution in [0.5, 0.6) is 0 Å². The maximum atomic E-state index is 14.3. The van der Waals surface area contributed by atoms with E-state index in [2.05, 4.69) is 5.32 Å². The molecule has 1 fully saturated rings. The number of benzene rings is 1. The van der Waals surface area contributed by atoms with Gasteiger partial charge in [0, 0.05) is 24.8 Å². The number of aryl methyl sites for hydroxylation is 1. The minimum absolute atomic E-state index is 0.186. The molecule has 1 aliphatic heterocycles. The first-order valence-corrected chi connectivity index (χ1v) is 7.39. The Morgan fingerprint density at radius 2 is 2.20 bits per heavy atom. The summed E-state index contributed by atoms with van der Waals surface area (Å²) in [5.74, 6) is -0.498. The number of hydrogen-bond acceptors (Lipinski definition) is 2. The van der Waals surface area contributed by atoms with Crippen molar-refractivity contribution in [2.45, 2.75) is 39.2 Å². The highest BCUT2D eigenvalue weighted by atomic mass is 19.1. The molecule has 1 N–H and O–H groups in total. The minimum atomic E-state index is -0.458. The summed E-state index contributed by atoms with van der Waals surface area (Å²) in [6.07, 6.45) is 2.63. The normalized spacial score (nSPS) is 20.3. The van der Waals surface area contributed by atoms with Crippen molar-refractivity contribution in [2.75, 3.05) is 19.8 Å². The molecule has 0 aliphatic carbocycles. The van der Waals surface area contributed by atoms with Crippen LogP contribution in [0.4, 0.5) is 8.78 Å². The monoisotopic (exact) mass is 283 g/mol. The summed E-state index contributed by atoms with van der Waals surface area (Å²) in [4.78, 5) is 0. The van der Waals surface area contributed by atoms with Crippen LogP contribution in [-0.4, -0.2) is 19.8 Å². The predicted octanol–water partition coefficient (Wildman–Crippen LogP) is 3.74. The zero-order valence-corrected chi connectivity index (χ0v) is 12.2. The number of ether oxygens (including phenoxy) is 1. The molecule has 1 heterocycles. The van der Waals surface area contributed by atoms with Crippen molar-refractivity contribution in [3.05, 3.63) is 34.9 Å². The van der Waals surface area contributed by atoms with Gasteiger partial charge in [-0.15, -0.1) is 0 Å². The van der Waals surface area contributed by atoms with E-state index in [-0.39, 0.29) is 11.6 Å². The van der Waals surface area contributed by atoms with Gasteiger partial charge in [0.2, 0.25) is 0 Å². The molecule has 2 nitrogen and oxygen atoms in total. The summed E-state index contributed by atoms with van der Waals surface area (Å²) < 4.78 is 33.7. The Kier molecular flexibility index (Phi) is 5.49. The highest BCUT2D eigenvalue weighted by molar-refractivity contribution is 5.29. The van der Waals surface area contributed by atoms with Gasteiger partial charge in [0.25, 0.3) is 0 Å². The Balaban J connectivity index is 2.22. The molecule has 2 rings (SSSR count). The zero-order valence-electron chi connectivity index (χ0n) is 12.2. The molecule has 2 atom stereocenters. The lowest BCUT2D eigenvalue weighted by Gasteiger charge is -2.23. The largest absolute Gasteiger partial charge is 0.381 e. The third-order valence-corrected chi connectivity index (χ3v) is 3.90. The molecule has 2 unspecified atom stereocenters. The van der Waals surface area contributed by atoms with Crippen LogP contribution in [0, 0.1) is 24.5 Å². The van der Waals surface area contributed by atoms with E-state index < -0.39 is 11.6 Å². The van der Waals surface area contributed by atoms with Crippen molar-refractivity contribution < 1.29 is 13.5 Å². The molecule has 0 saturated carbocycles. The van der Waals surface area contributed by atoms with Gasteiger partial charge in [-0.2, -0.15) is 0 Å². The van der Waals surface area contributed by atoms with Crippen molar-refractivity contribution in [2.24, 2.45) is 5.92 Å². The first-order chi connectivity index (χ1) is 9.63. The van der Waals surface area contributed by atoms with Gasteiger partial charge in [-0.1, -0.05) is 13.0 Å². The smallest absolute Gasteiger partial charge is 0.133 e. The van der Waals surface area contributed by atoms with Gasteiger partial charge < -0.3 is 10.1 Å². The lowest BCUT2D eigenvalue weighted by molar-refractivity contribution is 0.181. The fourth-order valence-electron chi connectivity index (χ4n) is 2.72. The lowest BCUT2D eigenvalue weighted by atomic mass is 9.92. The maximum Gasteiger partial charge on any atom is 0.133 e. The fourth-order valence-corrected chi connectivity index (χ4v) is 2.72. The molecule has 0 radical (unpaired) electrons. The number of hydrogen-bond donors (Lipinski definition) is 1. The molecule has 112 valence electrons. The van der Waals surface area contributed by atoms with Gasteiger partial charge in [0.15, 0.2) is 0 Å². The maximum absolute atomic E-state index is 14.3. The Bertz CT molecular complexity index is 444. The van der Waals surface area contributed by atoms with Gasteiger partial charge in [0.1, 0.15) is 11.6 Å². The molecule has 0 amide bonds. The van der Waals surface area contributed by atoms with Crippen molar-refractivity contribution in [1.29, 1.82) is 0 Å². The van der Waals surface area contributed by atoms with E-state index in [4.69, 9.17) is 4.74 Å². The number of nitrogens with one attached hydrogen (secondary N) is 1. The molecule has 1 aliphatic rings. The molecule has 0 spiro atoms. The van der Waals surface area contributed by atoms with Crippen LogP contribution in [0.15, 0.2) is 12.1 Å². The van der Waals surface area contributed by atoms with E-state index in [0.29, 0.717) is 18.1 Å². The minimum Gasteiger partial charge on any atom is -0.381 e. The molecule has 0 bridgehead atoms. The lowest BCUT2D eigenvalue weighted by Crippen LogP contribution is -2.27. The Labute approximate surface area is 119 Å². The first kappa shape index (κ1) is 15.4. The summed E-state index contributed by atoms with van der Waals surface area (Å²) >= 11 is 0. The summed E-state index contributed by atoms with van der Waals surface area (Å²) in [6, 6.07) is 2.57. The third-order valence-electron chi connectivity index (χ3n) is 3.90. The van der Waals surface area contributed by atoms with Crippen molar-refractivity contribution in [3.63, 3.8) is 0 Å². The van der Waals surface area contributed by atoms with E-state index in [1.165, 1.54) is 12.1 Å². The summed E-state index contributed by atoms with van der Waals surface area (Å²) in [5, 5.41) is 3.29. The van der Waals surface area contributed by atoms with Gasteiger partial charge in [-0.3, -0.25) is 0 Å². The molecule has 20 heavy (non-hydrogen) atoms. The molecule has 4 heteroatoms. The van der Waals surface area contributed by atoms with Crippen LogP contribution in [0.3, 0.4) is 0 Å². The van der Waals surface area contributed by atoms with Gasteiger partial charge in [0.05, 0.1) is 0 Å². The molecule has 0 aromatic heterocycles. The highest BCUT2D eigenvalue weighted by Gasteiger charge is 2.26. The van der Waals surface area contributed by atoms with Gasteiger partial charge in [-0.25, -0.2) is 8.78 Å². The quantitative estimate of drug-likeness (QED) is 0.858. The van der Waals surface area contributed by atoms with E-state index in [0.717, 1.165) is 32.4 Å². The second-order valence-corrected chi connectivity index (χ2v) is 5.56. The van der Waals surface area contributed by atoms with Crippen LogP contribution < -0.4 is 5.32 Å². The van der Waals surface area contributed by atoms with Gasteiger partial charge in [-0.05, 0) is 50.3 Å². The van der Waals surface area contributed by atoms with Crippen LogP contribution in [0.2, 0.25) is 0 Å². The second kappa shape index (κ2) is 7.14. The summed E-state index contributed by atoms with van der Waals surface area (Å²) in [6.45, 7) is 5.92. The fraction of sp³-hybridized carbons (Fsp3) is 0.625. The third kappa shape index (κ3) is 3.55. The molecular formula is C16H23F2NO. The van der Waals surface area contributed by atoms with Gasteiger partial charge >= 0.3 is 0 Å². The van der Waals surface area contributed by atoms with E-state index >= 15 is 0 Å². The van der Waals surface area contributed by atoms with Crippen molar-refractivity contribution in [1.82, 2.24) is 5.32 Å². The topological polar surface area (TPSA) is 21.3 Å². The number of rotatable bonds is 6. The SMILES string of the molecule is CCCNC(CC1CCOC1)c1c(F)ccc(C)c1F. The van der Waals surface area contributed by atoms with Crippen LogP contribution in [0.1, 0.15) is 43.4 Å². The summed E-state index contributed by atoms with van der Waals surface area (Å²) in [7, 11) is 0. The molecular weight excluding hydrogens is 260 g/mol. The average Bonchev–Trinajstić information content (AvgIpc) is 2.93. The average molecular weight is 283 g/mol. The zero-order chi connectivity index (χ0) is 14.5. The second-order valence-electron chi connectivity index (χ2n) is 5.56. The van der Waals surface area contributed by atoms with Crippen LogP contribution in [-0.2, 0) is 4.74 Å². The summed E-state index contributed by atoms with van der Waals surface area (Å²) in [5.41, 5.74) is 0.678. The Hall–Kier alpha value is -1.00. The number of halogens is 2. The standard InChI is InChI=1S/C16H23F2NO/c1-3-7-19-14(9-12-6-8-20-10-12)15-13(17)5-4-11(2)16(15)18/h4-5,12,14,19H,3,6-10H2,1-2H3. The van der Waals surface area contributed by atoms with Crippen LogP contribution >= 0.6 is 0 Å². The van der Waals surface area contributed by atoms with E-state index in [9.17, 15) is 8.78 Å². The van der Waals surface area contributed by atoms with E-state index in [1.54, 1.807) is 6.92 Å². The Morgan fingerprint density at radius 1 is 1.40 bits per heavy atom. The van der Waals surface area contributed by atoms with E-state index in [1.807, 2.05) is 6.92 Å². The molecule has 1 aromatic carbocycles. The van der Waals surface area contributed by atoms with Crippen molar-refractivity contribution in [3.8, 4) is 0 Å². The Morgan fingerprint density at radius 3 is 2.85 bits per heavy atom. The van der Waals surface area contributed by atoms with Crippen LogP contribution in [0.25, 0.3) is 0 Å². The first-order valence-electron chi connectivity index (χ1n) is 7.39. The molecule has 1 saturated heterocycles. The van der Waals surface area contributed by atoms with Crippen molar-refractivity contribution >= 4 is 0 Å². The molecule has 1 aromatic rings. The highest BCUT2D eigenvalue weighted by Crippen LogP contribution is 2.30.